The molecule has 2 aromatic rings. The molecule has 10 heteroatoms. The van der Waals surface area contributed by atoms with Gasteiger partial charge >= 0.3 is 0 Å². The second kappa shape index (κ2) is 9.08. The highest BCUT2D eigenvalue weighted by atomic mass is 32.2. The van der Waals surface area contributed by atoms with E-state index in [0.717, 1.165) is 23.2 Å². The van der Waals surface area contributed by atoms with E-state index >= 15 is 0 Å². The molecule has 1 aliphatic carbocycles. The van der Waals surface area contributed by atoms with Gasteiger partial charge < -0.3 is 14.9 Å². The molecule has 0 spiro atoms. The van der Waals surface area contributed by atoms with E-state index in [1.807, 2.05) is 0 Å². The van der Waals surface area contributed by atoms with Gasteiger partial charge in [-0.2, -0.15) is 9.57 Å². The van der Waals surface area contributed by atoms with Crippen molar-refractivity contribution in [2.75, 3.05) is 26.3 Å². The second-order valence-electron chi connectivity index (χ2n) is 8.24. The first-order valence-electron chi connectivity index (χ1n) is 10.4. The van der Waals surface area contributed by atoms with Crippen LogP contribution in [-0.2, 0) is 10.0 Å². The molecule has 172 valence electrons. The fourth-order valence-electron chi connectivity index (χ4n) is 3.52. The maximum Gasteiger partial charge on any atom is 0.244 e. The third kappa shape index (κ3) is 5.00. The van der Waals surface area contributed by atoms with Gasteiger partial charge in [0.05, 0.1) is 18.8 Å². The topological polar surface area (TPSA) is 124 Å². The summed E-state index contributed by atoms with van der Waals surface area (Å²) in [6.07, 6.45) is 3.38. The molecule has 1 saturated heterocycles. The Kier molecular flexibility index (Phi) is 6.37. The molecule has 1 aromatic carbocycles. The number of benzene rings is 1. The van der Waals surface area contributed by atoms with E-state index < -0.39 is 34.0 Å². The van der Waals surface area contributed by atoms with Crippen molar-refractivity contribution in [3.8, 4) is 23.7 Å². The van der Waals surface area contributed by atoms with Crippen molar-refractivity contribution in [3.63, 3.8) is 0 Å². The van der Waals surface area contributed by atoms with Crippen molar-refractivity contribution < 1.29 is 27.8 Å². The maximum atomic E-state index is 13.8. The summed E-state index contributed by atoms with van der Waals surface area (Å²) < 4.78 is 46.6. The first kappa shape index (κ1) is 23.1. The summed E-state index contributed by atoms with van der Waals surface area (Å²) >= 11 is 0. The average molecular weight is 472 g/mol. The zero-order chi connectivity index (χ0) is 23.6. The van der Waals surface area contributed by atoms with Crippen LogP contribution in [0, 0.1) is 40.8 Å². The van der Waals surface area contributed by atoms with Crippen LogP contribution in [0.2, 0.25) is 0 Å². The van der Waals surface area contributed by atoms with Crippen LogP contribution in [0.15, 0.2) is 41.4 Å². The smallest absolute Gasteiger partial charge is 0.244 e. The Bertz CT molecular complexity index is 1250. The van der Waals surface area contributed by atoms with Crippen LogP contribution < -0.4 is 4.74 Å². The van der Waals surface area contributed by atoms with Gasteiger partial charge in [0.1, 0.15) is 33.8 Å². The molecule has 1 aliphatic heterocycles. The fourth-order valence-corrected chi connectivity index (χ4v) is 5.01. The number of β-amino-alcohol motifs (C(OH)–C–C–N with tert-alkyl or cyclic N) is 1. The van der Waals surface area contributed by atoms with Crippen LogP contribution in [-0.4, -0.2) is 59.8 Å². The molecule has 4 rings (SSSR count). The summed E-state index contributed by atoms with van der Waals surface area (Å²) in [7, 11) is -3.99. The lowest BCUT2D eigenvalue weighted by Crippen LogP contribution is -2.44. The van der Waals surface area contributed by atoms with Gasteiger partial charge in [-0.25, -0.2) is 17.8 Å². The van der Waals surface area contributed by atoms with Crippen LogP contribution in [0.3, 0.4) is 0 Å². The Morgan fingerprint density at radius 2 is 2.09 bits per heavy atom. The maximum absolute atomic E-state index is 13.8. The van der Waals surface area contributed by atoms with Gasteiger partial charge in [0.15, 0.2) is 0 Å². The Morgan fingerprint density at radius 1 is 1.30 bits per heavy atom. The van der Waals surface area contributed by atoms with Gasteiger partial charge in [-0.1, -0.05) is 5.92 Å². The van der Waals surface area contributed by atoms with Crippen molar-refractivity contribution in [1.82, 2.24) is 9.29 Å². The van der Waals surface area contributed by atoms with E-state index in [0.29, 0.717) is 11.6 Å². The zero-order valence-corrected chi connectivity index (χ0v) is 18.4. The van der Waals surface area contributed by atoms with E-state index in [4.69, 9.17) is 10.00 Å². The van der Waals surface area contributed by atoms with E-state index in [1.54, 1.807) is 6.07 Å². The van der Waals surface area contributed by atoms with Crippen LogP contribution in [0.1, 0.15) is 24.1 Å². The highest BCUT2D eigenvalue weighted by Gasteiger charge is 2.49. The van der Waals surface area contributed by atoms with E-state index in [-0.39, 0.29) is 35.9 Å². The monoisotopic (exact) mass is 471 g/mol. The number of rotatable bonds is 6. The van der Waals surface area contributed by atoms with Crippen molar-refractivity contribution in [2.24, 2.45) is 11.8 Å². The minimum absolute atomic E-state index is 0.0458. The van der Waals surface area contributed by atoms with Crippen molar-refractivity contribution in [1.29, 1.82) is 5.26 Å². The number of hydrogen-bond acceptors (Lipinski definition) is 7. The highest BCUT2D eigenvalue weighted by molar-refractivity contribution is 7.89. The summed E-state index contributed by atoms with van der Waals surface area (Å²) in [6.45, 7) is -1.28. The minimum atomic E-state index is -3.99. The van der Waals surface area contributed by atoms with E-state index in [9.17, 15) is 23.0 Å². The quantitative estimate of drug-likeness (QED) is 0.608. The van der Waals surface area contributed by atoms with Crippen molar-refractivity contribution >= 4 is 10.0 Å². The number of hydrogen-bond donors (Lipinski definition) is 2. The number of aliphatic hydroxyl groups excluding tert-OH is 1. The van der Waals surface area contributed by atoms with Gasteiger partial charge in [-0.05, 0) is 43.0 Å². The number of ether oxygens (including phenoxy) is 1. The number of halogens is 1. The number of nitriles is 1. The minimum Gasteiger partial charge on any atom is -0.493 e. The molecule has 33 heavy (non-hydrogen) atoms. The van der Waals surface area contributed by atoms with Crippen molar-refractivity contribution in [2.45, 2.75) is 23.3 Å². The van der Waals surface area contributed by atoms with E-state index in [2.05, 4.69) is 16.8 Å². The Balaban J connectivity index is 1.47. The summed E-state index contributed by atoms with van der Waals surface area (Å²) in [6, 6.07) is 8.37. The lowest BCUT2D eigenvalue weighted by atomic mass is 9.92. The predicted octanol–water partition coefficient (Wildman–Crippen LogP) is 1.28. The highest BCUT2D eigenvalue weighted by Crippen LogP contribution is 2.32. The molecule has 8 nitrogen and oxygen atoms in total. The molecular weight excluding hydrogens is 449 g/mol. The summed E-state index contributed by atoms with van der Waals surface area (Å²) in [5.41, 5.74) is -1.39. The SMILES string of the molecule is N#Cc1ccc(OC[C@H]2CN(S(=O)(=O)c3ccc(C#CC4CC4)nc3)C[C@@]2(O)CO)cc1F. The van der Waals surface area contributed by atoms with Gasteiger partial charge in [0.2, 0.25) is 10.0 Å². The zero-order valence-electron chi connectivity index (χ0n) is 17.6. The van der Waals surface area contributed by atoms with Gasteiger partial charge in [0.25, 0.3) is 0 Å². The molecule has 0 bridgehead atoms. The number of aromatic nitrogens is 1. The van der Waals surface area contributed by atoms with Crippen LogP contribution in [0.4, 0.5) is 4.39 Å². The lowest BCUT2D eigenvalue weighted by Gasteiger charge is -2.26. The summed E-state index contributed by atoms with van der Waals surface area (Å²) in [5, 5.41) is 29.4. The third-order valence-electron chi connectivity index (χ3n) is 5.78. The molecule has 1 saturated carbocycles. The van der Waals surface area contributed by atoms with Gasteiger partial charge in [-0.15, -0.1) is 0 Å². The average Bonchev–Trinajstić information content (AvgIpc) is 3.58. The largest absolute Gasteiger partial charge is 0.493 e. The molecule has 2 atom stereocenters. The number of sulfonamides is 1. The van der Waals surface area contributed by atoms with Crippen LogP contribution in [0.25, 0.3) is 0 Å². The predicted molar refractivity (Wildman–Crippen MR) is 115 cm³/mol. The standard InChI is InChI=1S/C23H22FN3O5S/c24-22-9-20(7-4-17(22)10-25)32-13-18-12-27(14-23(18,29)15-28)33(30,31)21-8-6-19(26-11-21)5-3-16-1-2-16/h4,6-9,11,16,18,28-29H,1-2,12-15H2/t18-,23-/m1/s1. The number of pyridine rings is 1. The molecule has 2 N–H and O–H groups in total. The van der Waals surface area contributed by atoms with Crippen molar-refractivity contribution in [3.05, 3.63) is 53.6 Å². The molecule has 0 radical (unpaired) electrons. The number of nitrogens with zero attached hydrogens (tertiary/aromatic N) is 3. The number of aliphatic hydroxyl groups is 2. The Morgan fingerprint density at radius 3 is 2.70 bits per heavy atom. The second-order valence-corrected chi connectivity index (χ2v) is 10.2. The fraction of sp³-hybridized carbons (Fsp3) is 0.391. The molecule has 2 aliphatic rings. The molecular formula is C23H22FN3O5S. The molecule has 0 amide bonds. The third-order valence-corrected chi connectivity index (χ3v) is 7.57. The first-order chi connectivity index (χ1) is 15.7. The lowest BCUT2D eigenvalue weighted by molar-refractivity contribution is -0.0452. The van der Waals surface area contributed by atoms with Crippen LogP contribution in [0.5, 0.6) is 5.75 Å². The first-order valence-corrected chi connectivity index (χ1v) is 11.8. The normalized spacial score (nSPS) is 22.9. The molecule has 0 unspecified atom stereocenters. The van der Waals surface area contributed by atoms with Gasteiger partial charge in [0, 0.05) is 37.2 Å². The molecule has 1 aromatic heterocycles. The summed E-state index contributed by atoms with van der Waals surface area (Å²) in [5.74, 6) is 4.99. The molecule has 2 heterocycles. The van der Waals surface area contributed by atoms with E-state index in [1.165, 1.54) is 30.5 Å². The Hall–Kier alpha value is -3.02. The molecule has 2 fully saturated rings. The van der Waals surface area contributed by atoms with Crippen LogP contribution >= 0.6 is 0 Å². The Labute approximate surface area is 191 Å². The summed E-state index contributed by atoms with van der Waals surface area (Å²) in [4.78, 5) is 4.07. The van der Waals surface area contributed by atoms with Gasteiger partial charge in [-0.3, -0.25) is 0 Å².